The molecule has 214 valence electrons. The lowest BCUT2D eigenvalue weighted by Crippen LogP contribution is -2.63. The number of pyridine rings is 2. The predicted octanol–water partition coefficient (Wildman–Crippen LogP) is -0.576. The number of carbonyl (C=O) groups is 4. The highest BCUT2D eigenvalue weighted by atomic mass is 16.6. The molecule has 2 aromatic rings. The van der Waals surface area contributed by atoms with Crippen LogP contribution in [0.5, 0.6) is 5.75 Å². The Morgan fingerprint density at radius 1 is 1.18 bits per heavy atom. The Bertz CT molecular complexity index is 1240. The van der Waals surface area contributed by atoms with Crippen LogP contribution in [0.4, 0.5) is 0 Å². The van der Waals surface area contributed by atoms with Crippen LogP contribution in [0.15, 0.2) is 42.9 Å². The molecular weight excluding hydrogens is 522 g/mol. The maximum Gasteiger partial charge on any atom is 0.312 e. The quantitative estimate of drug-likeness (QED) is 0.349. The number of nitrogens with zero attached hydrogens (tertiary/aromatic N) is 3. The van der Waals surface area contributed by atoms with Gasteiger partial charge in [-0.3, -0.25) is 24.2 Å². The van der Waals surface area contributed by atoms with Gasteiger partial charge in [0.1, 0.15) is 11.8 Å². The van der Waals surface area contributed by atoms with Crippen molar-refractivity contribution in [2.75, 3.05) is 20.3 Å². The van der Waals surface area contributed by atoms with Crippen molar-refractivity contribution in [1.82, 2.24) is 25.5 Å². The first-order valence-corrected chi connectivity index (χ1v) is 13.0. The van der Waals surface area contributed by atoms with E-state index in [1.165, 1.54) is 37.2 Å². The lowest BCUT2D eigenvalue weighted by Gasteiger charge is -2.40. The van der Waals surface area contributed by atoms with Crippen LogP contribution in [0.25, 0.3) is 0 Å². The molecule has 0 bridgehead atoms. The molecule has 13 heteroatoms. The Balaban J connectivity index is 1.71. The van der Waals surface area contributed by atoms with Gasteiger partial charge in [-0.1, -0.05) is 6.07 Å². The molecule has 2 saturated heterocycles. The van der Waals surface area contributed by atoms with Crippen molar-refractivity contribution in [2.24, 2.45) is 11.8 Å². The third-order valence-electron chi connectivity index (χ3n) is 7.39. The molecule has 6 atom stereocenters. The largest absolute Gasteiger partial charge is 0.505 e. The number of hydrogen-bond acceptors (Lipinski definition) is 10. The van der Waals surface area contributed by atoms with Crippen molar-refractivity contribution < 1.29 is 38.9 Å². The summed E-state index contributed by atoms with van der Waals surface area (Å²) < 4.78 is 10.9. The minimum atomic E-state index is -1.41. The first-order chi connectivity index (χ1) is 19.1. The molecule has 3 amide bonds. The maximum absolute atomic E-state index is 13.8. The van der Waals surface area contributed by atoms with Crippen molar-refractivity contribution >= 4 is 23.7 Å². The summed E-state index contributed by atoms with van der Waals surface area (Å²) >= 11 is 0. The molecule has 40 heavy (non-hydrogen) atoms. The molecule has 0 aliphatic carbocycles. The Kier molecular flexibility index (Phi) is 8.95. The van der Waals surface area contributed by atoms with Crippen LogP contribution in [-0.2, 0) is 30.3 Å². The second-order valence-corrected chi connectivity index (χ2v) is 10.1. The molecular formula is C27H33N5O8. The third kappa shape index (κ3) is 6.20. The molecule has 4 rings (SSSR count). The number of aromatic nitrogens is 2. The summed E-state index contributed by atoms with van der Waals surface area (Å²) in [6.45, 7) is 3.41. The van der Waals surface area contributed by atoms with E-state index in [-0.39, 0.29) is 31.1 Å². The number of cyclic esters (lactones) is 1. The van der Waals surface area contributed by atoms with E-state index in [1.807, 2.05) is 0 Å². The van der Waals surface area contributed by atoms with Gasteiger partial charge in [0.2, 0.25) is 5.91 Å². The molecule has 0 radical (unpaired) electrons. The highest BCUT2D eigenvalue weighted by Gasteiger charge is 2.44. The number of rotatable bonds is 5. The summed E-state index contributed by atoms with van der Waals surface area (Å²) in [5.74, 6) is -4.84. The van der Waals surface area contributed by atoms with Crippen molar-refractivity contribution in [3.05, 3.63) is 54.1 Å². The van der Waals surface area contributed by atoms with Gasteiger partial charge in [-0.2, -0.15) is 0 Å². The number of aliphatic hydroxyl groups excluding tert-OH is 1. The number of aliphatic hydroxyl groups is 1. The molecule has 13 nitrogen and oxygen atoms in total. The number of nitrogens with one attached hydrogen (secondary N) is 2. The number of esters is 1. The van der Waals surface area contributed by atoms with E-state index in [1.54, 1.807) is 31.5 Å². The molecule has 2 aromatic heterocycles. The first-order valence-electron chi connectivity index (χ1n) is 13.0. The molecule has 4 heterocycles. The molecule has 0 aromatic carbocycles. The van der Waals surface area contributed by atoms with Crippen LogP contribution < -0.4 is 10.6 Å². The highest BCUT2D eigenvalue weighted by Crippen LogP contribution is 2.24. The number of ether oxygens (including phenoxy) is 2. The first kappa shape index (κ1) is 28.9. The monoisotopic (exact) mass is 555 g/mol. The van der Waals surface area contributed by atoms with Gasteiger partial charge in [0, 0.05) is 25.6 Å². The van der Waals surface area contributed by atoms with Crippen LogP contribution in [-0.4, -0.2) is 99.4 Å². The fraction of sp³-hybridized carbons (Fsp3) is 0.481. The zero-order chi connectivity index (χ0) is 29.0. The zero-order valence-electron chi connectivity index (χ0n) is 22.4. The average Bonchev–Trinajstić information content (AvgIpc) is 2.92. The molecule has 4 N–H and O–H groups in total. The molecule has 2 aliphatic rings. The predicted molar refractivity (Wildman–Crippen MR) is 139 cm³/mol. The summed E-state index contributed by atoms with van der Waals surface area (Å²) in [5, 5.41) is 26.7. The summed E-state index contributed by atoms with van der Waals surface area (Å²) in [7, 11) is 1.44. The Morgan fingerprint density at radius 2 is 1.90 bits per heavy atom. The van der Waals surface area contributed by atoms with E-state index >= 15 is 0 Å². The summed E-state index contributed by atoms with van der Waals surface area (Å²) in [4.78, 5) is 62.7. The van der Waals surface area contributed by atoms with Crippen molar-refractivity contribution in [2.45, 2.75) is 50.6 Å². The van der Waals surface area contributed by atoms with E-state index in [4.69, 9.17) is 9.47 Å². The highest BCUT2D eigenvalue weighted by molar-refractivity contribution is 5.98. The van der Waals surface area contributed by atoms with Gasteiger partial charge >= 0.3 is 5.97 Å². The van der Waals surface area contributed by atoms with Gasteiger partial charge in [0.05, 0.1) is 43.2 Å². The Labute approximate surface area is 230 Å². The second kappa shape index (κ2) is 12.4. The number of hydrogen-bond donors (Lipinski definition) is 4. The topological polar surface area (TPSA) is 180 Å². The molecule has 0 spiro atoms. The SMILES string of the molecule is C[C@@H]1[C@H](NC(=O)c2ncccc2O)C(=O)N[C@@H](Cc2cccnc2)[C@@H](O)[C@@H](C)C(=O)OC(C2COC2)C(=O)N1C. The van der Waals surface area contributed by atoms with Crippen molar-refractivity contribution in [3.8, 4) is 5.75 Å². The molecule has 1 unspecified atom stereocenters. The van der Waals surface area contributed by atoms with E-state index in [9.17, 15) is 29.4 Å². The van der Waals surface area contributed by atoms with Crippen LogP contribution in [0.2, 0.25) is 0 Å². The fourth-order valence-electron chi connectivity index (χ4n) is 4.61. The van der Waals surface area contributed by atoms with E-state index in [2.05, 4.69) is 20.6 Å². The minimum Gasteiger partial charge on any atom is -0.505 e. The van der Waals surface area contributed by atoms with Crippen LogP contribution >= 0.6 is 0 Å². The molecule has 2 fully saturated rings. The number of likely N-dealkylation sites (N-methyl/N-ethyl adjacent to an activating group) is 1. The summed E-state index contributed by atoms with van der Waals surface area (Å²) in [6.07, 6.45) is 1.96. The van der Waals surface area contributed by atoms with Gasteiger partial charge in [-0.05, 0) is 44.0 Å². The second-order valence-electron chi connectivity index (χ2n) is 10.1. The standard InChI is InChI=1S/C27H33N5O8/c1-14-22(34)18(10-16-6-4-8-28-11-16)30-24(35)20(31-25(36)21-19(33)7-5-9-29-21)15(2)32(3)26(37)23(40-27(14)38)17-12-39-13-17/h4-9,11,14-15,17-18,20,22-23,33-34H,10,12-13H2,1-3H3,(H,30,35)(H,31,36)/t14-,15-,18+,20+,22+,23?/m1/s1. The minimum absolute atomic E-state index is 0.114. The van der Waals surface area contributed by atoms with Crippen LogP contribution in [0.1, 0.15) is 29.9 Å². The smallest absolute Gasteiger partial charge is 0.312 e. The van der Waals surface area contributed by atoms with Gasteiger partial charge in [0.25, 0.3) is 11.8 Å². The summed E-state index contributed by atoms with van der Waals surface area (Å²) in [5.41, 5.74) is 0.380. The number of aromatic hydroxyl groups is 1. The Hall–Kier alpha value is -4.10. The van der Waals surface area contributed by atoms with Gasteiger partial charge < -0.3 is 35.2 Å². The Morgan fingerprint density at radius 3 is 2.52 bits per heavy atom. The fourth-order valence-corrected chi connectivity index (χ4v) is 4.61. The maximum atomic E-state index is 13.8. The van der Waals surface area contributed by atoms with Crippen LogP contribution in [0, 0.1) is 11.8 Å². The van der Waals surface area contributed by atoms with Crippen molar-refractivity contribution in [1.29, 1.82) is 0 Å². The number of amides is 3. The van der Waals surface area contributed by atoms with Gasteiger partial charge in [-0.25, -0.2) is 4.98 Å². The van der Waals surface area contributed by atoms with Crippen LogP contribution in [0.3, 0.4) is 0 Å². The normalized spacial score (nSPS) is 28.4. The van der Waals surface area contributed by atoms with Gasteiger partial charge in [0.15, 0.2) is 11.8 Å². The lowest BCUT2D eigenvalue weighted by molar-refractivity contribution is -0.182. The summed E-state index contributed by atoms with van der Waals surface area (Å²) in [6, 6.07) is 2.92. The number of carbonyl (C=O) groups excluding carboxylic acids is 4. The van der Waals surface area contributed by atoms with E-state index < -0.39 is 65.9 Å². The average molecular weight is 556 g/mol. The molecule has 0 saturated carbocycles. The van der Waals surface area contributed by atoms with Gasteiger partial charge in [-0.15, -0.1) is 0 Å². The third-order valence-corrected chi connectivity index (χ3v) is 7.39. The van der Waals surface area contributed by atoms with E-state index in [0.29, 0.717) is 5.56 Å². The lowest BCUT2D eigenvalue weighted by atomic mass is 9.91. The van der Waals surface area contributed by atoms with Crippen molar-refractivity contribution in [3.63, 3.8) is 0 Å². The molecule has 2 aliphatic heterocycles. The zero-order valence-corrected chi connectivity index (χ0v) is 22.4. The van der Waals surface area contributed by atoms with E-state index in [0.717, 1.165) is 0 Å².